The van der Waals surface area contributed by atoms with E-state index < -0.39 is 0 Å². The van der Waals surface area contributed by atoms with E-state index in [1.807, 2.05) is 24.3 Å². The number of amides is 1. The molecular weight excluding hydrogens is 292 g/mol. The third-order valence-corrected chi connectivity index (χ3v) is 4.75. The monoisotopic (exact) mass is 316 g/mol. The summed E-state index contributed by atoms with van der Waals surface area (Å²) in [5.41, 5.74) is 1.70. The molecule has 6 nitrogen and oxygen atoms in total. The number of fused-ring (bicyclic) bond motifs is 1. The summed E-state index contributed by atoms with van der Waals surface area (Å²) >= 11 is 0. The highest BCUT2D eigenvalue weighted by molar-refractivity contribution is 5.78. The van der Waals surface area contributed by atoms with Crippen LogP contribution in [0.2, 0.25) is 0 Å². The number of carbonyl (C=O) groups excluding carboxylic acids is 1. The van der Waals surface area contributed by atoms with Crippen molar-refractivity contribution in [2.45, 2.75) is 32.4 Å². The molecule has 1 aromatic carbocycles. The molecule has 6 heteroatoms. The van der Waals surface area contributed by atoms with Gasteiger partial charge in [-0.25, -0.2) is 4.79 Å². The topological polar surface area (TPSA) is 68.1 Å². The van der Waals surface area contributed by atoms with Gasteiger partial charge in [-0.05, 0) is 37.6 Å². The summed E-state index contributed by atoms with van der Waals surface area (Å²) < 4.78 is 3.31. The molecular formula is C17H24N4O2. The lowest BCUT2D eigenvalue weighted by molar-refractivity contribution is -0.122. The van der Waals surface area contributed by atoms with Gasteiger partial charge < -0.3 is 10.6 Å². The van der Waals surface area contributed by atoms with Gasteiger partial charge in [-0.1, -0.05) is 19.1 Å². The van der Waals surface area contributed by atoms with Crippen LogP contribution in [0.3, 0.4) is 0 Å². The number of nitrogens with zero attached hydrogens (tertiary/aromatic N) is 2. The molecule has 1 aliphatic heterocycles. The van der Waals surface area contributed by atoms with Crippen molar-refractivity contribution in [2.24, 2.45) is 13.0 Å². The van der Waals surface area contributed by atoms with Crippen molar-refractivity contribution in [3.05, 3.63) is 34.7 Å². The maximum Gasteiger partial charge on any atom is 0.328 e. The zero-order valence-electron chi connectivity index (χ0n) is 13.7. The average Bonchev–Trinajstić information content (AvgIpc) is 2.80. The molecule has 2 unspecified atom stereocenters. The Morgan fingerprint density at radius 2 is 2.09 bits per heavy atom. The van der Waals surface area contributed by atoms with E-state index in [2.05, 4.69) is 17.6 Å². The van der Waals surface area contributed by atoms with Crippen LogP contribution in [-0.4, -0.2) is 34.2 Å². The highest BCUT2D eigenvalue weighted by atomic mass is 16.2. The van der Waals surface area contributed by atoms with Gasteiger partial charge in [-0.3, -0.25) is 13.9 Å². The standard InChI is InChI=1S/C17H24N4O2/c1-12-11-18-9-7-13(12)19-16(22)8-10-21-15-6-4-3-5-14(15)20(2)17(21)23/h3-6,12-13,18H,7-11H2,1-2H3,(H,19,22). The number of piperidine rings is 1. The van der Waals surface area contributed by atoms with Crippen LogP contribution in [0.4, 0.5) is 0 Å². The molecule has 1 fully saturated rings. The lowest BCUT2D eigenvalue weighted by atomic mass is 9.95. The van der Waals surface area contributed by atoms with E-state index in [1.165, 1.54) is 0 Å². The molecule has 0 radical (unpaired) electrons. The molecule has 3 rings (SSSR count). The summed E-state index contributed by atoms with van der Waals surface area (Å²) in [5, 5.41) is 6.44. The van der Waals surface area contributed by atoms with Gasteiger partial charge in [0.25, 0.3) is 0 Å². The summed E-state index contributed by atoms with van der Waals surface area (Å²) in [7, 11) is 1.76. The van der Waals surface area contributed by atoms with Gasteiger partial charge in [0.05, 0.1) is 11.0 Å². The summed E-state index contributed by atoms with van der Waals surface area (Å²) in [6, 6.07) is 7.90. The smallest absolute Gasteiger partial charge is 0.328 e. The third-order valence-electron chi connectivity index (χ3n) is 4.75. The van der Waals surface area contributed by atoms with Crippen molar-refractivity contribution in [3.8, 4) is 0 Å². The molecule has 2 atom stereocenters. The second-order valence-electron chi connectivity index (χ2n) is 6.38. The van der Waals surface area contributed by atoms with Crippen LogP contribution in [0, 0.1) is 5.92 Å². The summed E-state index contributed by atoms with van der Waals surface area (Å²) in [6.45, 7) is 4.43. The van der Waals surface area contributed by atoms with Gasteiger partial charge in [0, 0.05) is 26.1 Å². The molecule has 2 aromatic rings. The molecule has 1 amide bonds. The zero-order valence-corrected chi connectivity index (χ0v) is 13.7. The lowest BCUT2D eigenvalue weighted by Gasteiger charge is -2.30. The minimum atomic E-state index is -0.0748. The van der Waals surface area contributed by atoms with Gasteiger partial charge in [0.15, 0.2) is 0 Å². The Kier molecular flexibility index (Phi) is 4.52. The predicted molar refractivity (Wildman–Crippen MR) is 90.4 cm³/mol. The van der Waals surface area contributed by atoms with E-state index in [0.717, 1.165) is 30.5 Å². The van der Waals surface area contributed by atoms with Crippen molar-refractivity contribution in [3.63, 3.8) is 0 Å². The first-order valence-corrected chi connectivity index (χ1v) is 8.22. The highest BCUT2D eigenvalue weighted by Crippen LogP contribution is 2.13. The number of para-hydroxylation sites is 2. The van der Waals surface area contributed by atoms with E-state index in [9.17, 15) is 9.59 Å². The Bertz CT molecular complexity index is 762. The number of aromatic nitrogens is 2. The van der Waals surface area contributed by atoms with Gasteiger partial charge in [-0.2, -0.15) is 0 Å². The maximum atomic E-state index is 12.3. The number of imidazole rings is 1. The highest BCUT2D eigenvalue weighted by Gasteiger charge is 2.22. The fraction of sp³-hybridized carbons (Fsp3) is 0.529. The quantitative estimate of drug-likeness (QED) is 0.878. The lowest BCUT2D eigenvalue weighted by Crippen LogP contribution is -2.48. The first kappa shape index (κ1) is 15.8. The molecule has 1 saturated heterocycles. The zero-order chi connectivity index (χ0) is 16.4. The van der Waals surface area contributed by atoms with Crippen LogP contribution in [0.5, 0.6) is 0 Å². The average molecular weight is 316 g/mol. The number of carbonyl (C=O) groups is 1. The fourth-order valence-electron chi connectivity index (χ4n) is 3.30. The van der Waals surface area contributed by atoms with Gasteiger partial charge in [-0.15, -0.1) is 0 Å². The third kappa shape index (κ3) is 3.17. The molecule has 23 heavy (non-hydrogen) atoms. The number of benzene rings is 1. The molecule has 2 N–H and O–H groups in total. The predicted octanol–water partition coefficient (Wildman–Crippen LogP) is 0.844. The summed E-state index contributed by atoms with van der Waals surface area (Å²) in [6.07, 6.45) is 1.28. The fourth-order valence-corrected chi connectivity index (χ4v) is 3.30. The Hall–Kier alpha value is -2.08. The molecule has 1 aliphatic rings. The van der Waals surface area contributed by atoms with Crippen molar-refractivity contribution < 1.29 is 4.79 Å². The van der Waals surface area contributed by atoms with Gasteiger partial charge in [0.1, 0.15) is 0 Å². The Balaban J connectivity index is 1.68. The van der Waals surface area contributed by atoms with Crippen molar-refractivity contribution >= 4 is 16.9 Å². The Labute approximate surface area is 135 Å². The van der Waals surface area contributed by atoms with Crippen LogP contribution < -0.4 is 16.3 Å². The second-order valence-corrected chi connectivity index (χ2v) is 6.38. The first-order valence-electron chi connectivity index (χ1n) is 8.22. The van der Waals surface area contributed by atoms with Crippen molar-refractivity contribution in [2.75, 3.05) is 13.1 Å². The van der Waals surface area contributed by atoms with Crippen LogP contribution in [0.15, 0.2) is 29.1 Å². The number of rotatable bonds is 4. The second kappa shape index (κ2) is 6.58. The van der Waals surface area contributed by atoms with E-state index in [1.54, 1.807) is 16.2 Å². The minimum Gasteiger partial charge on any atom is -0.353 e. The number of hydrogen-bond acceptors (Lipinski definition) is 3. The number of aryl methyl sites for hydroxylation is 2. The van der Waals surface area contributed by atoms with Crippen molar-refractivity contribution in [1.29, 1.82) is 0 Å². The number of nitrogens with one attached hydrogen (secondary N) is 2. The Morgan fingerprint density at radius 3 is 2.83 bits per heavy atom. The van der Waals surface area contributed by atoms with E-state index in [0.29, 0.717) is 18.9 Å². The van der Waals surface area contributed by atoms with Crippen LogP contribution in [-0.2, 0) is 18.4 Å². The van der Waals surface area contributed by atoms with E-state index in [-0.39, 0.29) is 17.6 Å². The minimum absolute atomic E-state index is 0.0172. The normalized spacial score (nSPS) is 21.5. The molecule has 124 valence electrons. The molecule has 0 spiro atoms. The van der Waals surface area contributed by atoms with Crippen LogP contribution in [0.25, 0.3) is 11.0 Å². The largest absolute Gasteiger partial charge is 0.353 e. The molecule has 2 heterocycles. The summed E-state index contributed by atoms with van der Waals surface area (Å²) in [4.78, 5) is 24.6. The van der Waals surface area contributed by atoms with Crippen molar-refractivity contribution in [1.82, 2.24) is 19.8 Å². The molecule has 1 aromatic heterocycles. The molecule has 0 saturated carbocycles. The Morgan fingerprint density at radius 1 is 1.35 bits per heavy atom. The van der Waals surface area contributed by atoms with Gasteiger partial charge in [0.2, 0.25) is 5.91 Å². The van der Waals surface area contributed by atoms with Crippen LogP contribution >= 0.6 is 0 Å². The van der Waals surface area contributed by atoms with Gasteiger partial charge >= 0.3 is 5.69 Å². The maximum absolute atomic E-state index is 12.3. The summed E-state index contributed by atoms with van der Waals surface area (Å²) in [5.74, 6) is 0.455. The van der Waals surface area contributed by atoms with E-state index >= 15 is 0 Å². The van der Waals surface area contributed by atoms with E-state index in [4.69, 9.17) is 0 Å². The SMILES string of the molecule is CC1CNCCC1NC(=O)CCn1c(=O)n(C)c2ccccc21. The first-order chi connectivity index (χ1) is 11.1. The molecule has 0 aliphatic carbocycles. The molecule has 0 bridgehead atoms. The number of hydrogen-bond donors (Lipinski definition) is 2. The van der Waals surface area contributed by atoms with Crippen LogP contribution in [0.1, 0.15) is 19.8 Å².